The number of rotatable bonds is 7. The Morgan fingerprint density at radius 3 is 2.29 bits per heavy atom. The fourth-order valence-corrected chi connectivity index (χ4v) is 3.70. The summed E-state index contributed by atoms with van der Waals surface area (Å²) in [6.45, 7) is 7.86. The highest BCUT2D eigenvalue weighted by molar-refractivity contribution is 5.25. The van der Waals surface area contributed by atoms with Crippen LogP contribution in [0.25, 0.3) is 0 Å². The van der Waals surface area contributed by atoms with Crippen molar-refractivity contribution in [3.63, 3.8) is 0 Å². The zero-order valence-corrected chi connectivity index (χ0v) is 14.2. The highest BCUT2D eigenvalue weighted by Gasteiger charge is 2.19. The van der Waals surface area contributed by atoms with Gasteiger partial charge in [-0.25, -0.2) is 0 Å². The molecule has 1 fully saturated rings. The topological polar surface area (TPSA) is 12.0 Å². The second-order valence-electron chi connectivity index (χ2n) is 7.19. The average Bonchev–Trinajstić information content (AvgIpc) is 2.48. The maximum Gasteiger partial charge on any atom is 0.0322 e. The van der Waals surface area contributed by atoms with Crippen LogP contribution < -0.4 is 5.32 Å². The van der Waals surface area contributed by atoms with Gasteiger partial charge >= 0.3 is 0 Å². The lowest BCUT2D eigenvalue weighted by molar-refractivity contribution is 0.301. The van der Waals surface area contributed by atoms with Crippen LogP contribution in [0, 0.1) is 11.8 Å². The predicted octanol–water partition coefficient (Wildman–Crippen LogP) is 5.51. The minimum absolute atomic E-state index is 0.547. The molecule has 2 rings (SSSR count). The third-order valence-electron chi connectivity index (χ3n) is 4.77. The molecular weight excluding hydrogens is 254 g/mol. The Morgan fingerprint density at radius 2 is 1.71 bits per heavy atom. The lowest BCUT2D eigenvalue weighted by Gasteiger charge is -2.27. The number of nitrogens with one attached hydrogen (secondary N) is 1. The van der Waals surface area contributed by atoms with Crippen molar-refractivity contribution in [2.24, 2.45) is 11.8 Å². The van der Waals surface area contributed by atoms with E-state index in [1.54, 1.807) is 0 Å². The molecule has 0 aromatic heterocycles. The van der Waals surface area contributed by atoms with Crippen LogP contribution in [0.4, 0.5) is 0 Å². The molecule has 1 atom stereocenters. The summed E-state index contributed by atoms with van der Waals surface area (Å²) >= 11 is 0. The van der Waals surface area contributed by atoms with Crippen LogP contribution in [-0.2, 0) is 6.42 Å². The first-order chi connectivity index (χ1) is 10.2. The molecule has 0 saturated heterocycles. The molecule has 1 heteroatoms. The molecule has 1 aromatic rings. The van der Waals surface area contributed by atoms with Gasteiger partial charge in [-0.05, 0) is 42.3 Å². The van der Waals surface area contributed by atoms with Crippen LogP contribution in [0.2, 0.25) is 0 Å². The van der Waals surface area contributed by atoms with E-state index in [0.29, 0.717) is 6.04 Å². The highest BCUT2D eigenvalue weighted by Crippen LogP contribution is 2.32. The maximum absolute atomic E-state index is 3.71. The molecule has 0 bridgehead atoms. The van der Waals surface area contributed by atoms with Gasteiger partial charge in [0.2, 0.25) is 0 Å². The largest absolute Gasteiger partial charge is 0.310 e. The molecule has 0 amide bonds. The maximum atomic E-state index is 3.71. The van der Waals surface area contributed by atoms with E-state index in [2.05, 4.69) is 50.4 Å². The first-order valence-corrected chi connectivity index (χ1v) is 9.01. The van der Waals surface area contributed by atoms with E-state index in [0.717, 1.165) is 18.4 Å². The van der Waals surface area contributed by atoms with Gasteiger partial charge in [-0.3, -0.25) is 0 Å². The van der Waals surface area contributed by atoms with Crippen molar-refractivity contribution in [3.05, 3.63) is 35.4 Å². The molecule has 1 saturated carbocycles. The summed E-state index contributed by atoms with van der Waals surface area (Å²) < 4.78 is 0. The molecular formula is C20H33N. The zero-order valence-electron chi connectivity index (χ0n) is 14.2. The van der Waals surface area contributed by atoms with Crippen LogP contribution in [0.5, 0.6) is 0 Å². The van der Waals surface area contributed by atoms with Gasteiger partial charge < -0.3 is 5.32 Å². The van der Waals surface area contributed by atoms with Gasteiger partial charge in [0.25, 0.3) is 0 Å². The first kappa shape index (κ1) is 16.5. The third-order valence-corrected chi connectivity index (χ3v) is 4.77. The molecule has 1 nitrogen and oxygen atoms in total. The lowest BCUT2D eigenvalue weighted by Crippen LogP contribution is -2.24. The Labute approximate surface area is 131 Å². The van der Waals surface area contributed by atoms with Gasteiger partial charge in [0.05, 0.1) is 0 Å². The molecule has 1 N–H and O–H groups in total. The molecule has 21 heavy (non-hydrogen) atoms. The standard InChI is InChI=1S/C20H33N/c1-4-21-20(15-17-8-6-5-7-9-17)19-12-10-18(11-13-19)14-16(2)3/h10-13,16-17,20-21H,4-9,14-15H2,1-3H3. The number of hydrogen-bond acceptors (Lipinski definition) is 1. The molecule has 0 spiro atoms. The van der Waals surface area contributed by atoms with Gasteiger partial charge in [0.15, 0.2) is 0 Å². The van der Waals surface area contributed by atoms with E-state index in [4.69, 9.17) is 0 Å². The minimum atomic E-state index is 0.547. The van der Waals surface area contributed by atoms with Crippen LogP contribution >= 0.6 is 0 Å². The van der Waals surface area contributed by atoms with E-state index in [1.807, 2.05) is 0 Å². The van der Waals surface area contributed by atoms with Crippen LogP contribution in [0.1, 0.15) is 76.5 Å². The van der Waals surface area contributed by atoms with Gasteiger partial charge in [-0.2, -0.15) is 0 Å². The van der Waals surface area contributed by atoms with Gasteiger partial charge in [0, 0.05) is 6.04 Å². The van der Waals surface area contributed by atoms with E-state index in [1.165, 1.54) is 56.1 Å². The molecule has 0 radical (unpaired) electrons. The second-order valence-corrected chi connectivity index (χ2v) is 7.19. The van der Waals surface area contributed by atoms with Crippen molar-refractivity contribution >= 4 is 0 Å². The fraction of sp³-hybridized carbons (Fsp3) is 0.700. The number of benzene rings is 1. The van der Waals surface area contributed by atoms with Gasteiger partial charge in [-0.1, -0.05) is 77.1 Å². The molecule has 118 valence electrons. The Balaban J connectivity index is 1.99. The average molecular weight is 287 g/mol. The minimum Gasteiger partial charge on any atom is -0.310 e. The molecule has 0 aliphatic heterocycles. The smallest absolute Gasteiger partial charge is 0.0322 e. The lowest BCUT2D eigenvalue weighted by atomic mass is 9.83. The summed E-state index contributed by atoms with van der Waals surface area (Å²) in [5, 5.41) is 3.71. The summed E-state index contributed by atoms with van der Waals surface area (Å²) in [4.78, 5) is 0. The van der Waals surface area contributed by atoms with Crippen LogP contribution in [0.3, 0.4) is 0 Å². The van der Waals surface area contributed by atoms with Crippen molar-refractivity contribution < 1.29 is 0 Å². The summed E-state index contributed by atoms with van der Waals surface area (Å²) in [5.74, 6) is 1.67. The van der Waals surface area contributed by atoms with Gasteiger partial charge in [0.1, 0.15) is 0 Å². The monoisotopic (exact) mass is 287 g/mol. The highest BCUT2D eigenvalue weighted by atomic mass is 14.9. The van der Waals surface area contributed by atoms with Gasteiger partial charge in [-0.15, -0.1) is 0 Å². The predicted molar refractivity (Wildman–Crippen MR) is 92.6 cm³/mol. The van der Waals surface area contributed by atoms with Crippen LogP contribution in [0.15, 0.2) is 24.3 Å². The number of hydrogen-bond donors (Lipinski definition) is 1. The summed E-state index contributed by atoms with van der Waals surface area (Å²) in [5.41, 5.74) is 2.96. The first-order valence-electron chi connectivity index (χ1n) is 9.01. The van der Waals surface area contributed by atoms with Crippen molar-refractivity contribution in [1.29, 1.82) is 0 Å². The quantitative estimate of drug-likeness (QED) is 0.697. The molecule has 1 aromatic carbocycles. The fourth-order valence-electron chi connectivity index (χ4n) is 3.70. The second kappa shape index (κ2) is 8.58. The van der Waals surface area contributed by atoms with Crippen LogP contribution in [-0.4, -0.2) is 6.54 Å². The molecule has 1 aliphatic carbocycles. The Hall–Kier alpha value is -0.820. The van der Waals surface area contributed by atoms with E-state index >= 15 is 0 Å². The van der Waals surface area contributed by atoms with E-state index < -0.39 is 0 Å². The van der Waals surface area contributed by atoms with Crippen molar-refractivity contribution in [3.8, 4) is 0 Å². The normalized spacial score (nSPS) is 18.1. The summed E-state index contributed by atoms with van der Waals surface area (Å²) in [7, 11) is 0. The summed E-state index contributed by atoms with van der Waals surface area (Å²) in [6, 6.07) is 9.93. The molecule has 1 aliphatic rings. The van der Waals surface area contributed by atoms with E-state index in [9.17, 15) is 0 Å². The van der Waals surface area contributed by atoms with Crippen molar-refractivity contribution in [2.45, 2.75) is 71.8 Å². The van der Waals surface area contributed by atoms with Crippen molar-refractivity contribution in [2.75, 3.05) is 6.54 Å². The zero-order chi connectivity index (χ0) is 15.1. The third kappa shape index (κ3) is 5.47. The van der Waals surface area contributed by atoms with E-state index in [-0.39, 0.29) is 0 Å². The summed E-state index contributed by atoms with van der Waals surface area (Å²) in [6.07, 6.45) is 9.72. The Morgan fingerprint density at radius 1 is 1.05 bits per heavy atom. The van der Waals surface area contributed by atoms with Crippen molar-refractivity contribution in [1.82, 2.24) is 5.32 Å². The molecule has 0 heterocycles. The molecule has 1 unspecified atom stereocenters. The Kier molecular flexibility index (Phi) is 6.76. The SMILES string of the molecule is CCNC(CC1CCCCC1)c1ccc(CC(C)C)cc1. The Bertz CT molecular complexity index is 387.